The van der Waals surface area contributed by atoms with Crippen LogP contribution >= 0.6 is 22.9 Å². The molecule has 1 aliphatic carbocycles. The Labute approximate surface area is 148 Å². The number of fused-ring (bicyclic) bond motifs is 3. The largest absolute Gasteiger partial charge is 0.298 e. The fraction of sp³-hybridized carbons (Fsp3) is 0.0526. The van der Waals surface area contributed by atoms with Crippen LogP contribution < -0.4 is 5.32 Å². The summed E-state index contributed by atoms with van der Waals surface area (Å²) in [7, 11) is 0. The topological polar surface area (TPSA) is 42.0 Å². The van der Waals surface area contributed by atoms with Gasteiger partial charge < -0.3 is 0 Å². The first-order valence-electron chi connectivity index (χ1n) is 7.52. The van der Waals surface area contributed by atoms with Crippen LogP contribution in [0.4, 0.5) is 5.13 Å². The van der Waals surface area contributed by atoms with Gasteiger partial charge in [-0.15, -0.1) is 11.3 Å². The van der Waals surface area contributed by atoms with Gasteiger partial charge in [-0.25, -0.2) is 4.98 Å². The number of benzene rings is 2. The molecule has 1 amide bonds. The Morgan fingerprint density at radius 2 is 1.96 bits per heavy atom. The van der Waals surface area contributed by atoms with E-state index >= 15 is 0 Å². The summed E-state index contributed by atoms with van der Waals surface area (Å²) in [5.74, 6) is -0.212. The van der Waals surface area contributed by atoms with Crippen LogP contribution in [0.25, 0.3) is 17.3 Å². The van der Waals surface area contributed by atoms with Gasteiger partial charge in [-0.2, -0.15) is 0 Å². The summed E-state index contributed by atoms with van der Waals surface area (Å²) in [4.78, 5) is 17.9. The van der Waals surface area contributed by atoms with E-state index < -0.39 is 0 Å². The fourth-order valence-electron chi connectivity index (χ4n) is 2.74. The molecule has 0 unspecified atom stereocenters. The van der Waals surface area contributed by atoms with Gasteiger partial charge in [0.25, 0.3) is 0 Å². The SMILES string of the molecule is O=C(/C=C/c1ccccc1Cl)Nc1nc2c(s1)Cc1ccccc1-2. The van der Waals surface area contributed by atoms with E-state index in [4.69, 9.17) is 11.6 Å². The van der Waals surface area contributed by atoms with Crippen molar-refractivity contribution in [2.24, 2.45) is 0 Å². The number of hydrogen-bond donors (Lipinski definition) is 1. The van der Waals surface area contributed by atoms with Crippen LogP contribution in [-0.4, -0.2) is 10.9 Å². The number of thiazole rings is 1. The molecule has 0 fully saturated rings. The van der Waals surface area contributed by atoms with Crippen molar-refractivity contribution in [3.05, 3.63) is 75.6 Å². The molecule has 0 saturated carbocycles. The van der Waals surface area contributed by atoms with Crippen LogP contribution in [0.15, 0.2) is 54.6 Å². The summed E-state index contributed by atoms with van der Waals surface area (Å²) < 4.78 is 0. The minimum Gasteiger partial charge on any atom is -0.298 e. The lowest BCUT2D eigenvalue weighted by Crippen LogP contribution is -2.07. The lowest BCUT2D eigenvalue weighted by Gasteiger charge is -1.99. The van der Waals surface area contributed by atoms with Gasteiger partial charge in [0.2, 0.25) is 5.91 Å². The number of nitrogens with zero attached hydrogens (tertiary/aromatic N) is 1. The molecule has 0 bridgehead atoms. The number of halogens is 1. The number of aromatic nitrogens is 1. The molecule has 1 N–H and O–H groups in total. The van der Waals surface area contributed by atoms with Crippen LogP contribution in [-0.2, 0) is 11.2 Å². The van der Waals surface area contributed by atoms with Gasteiger partial charge in [0.1, 0.15) is 0 Å². The highest BCUT2D eigenvalue weighted by molar-refractivity contribution is 7.16. The molecule has 1 aromatic heterocycles. The van der Waals surface area contributed by atoms with E-state index in [1.807, 2.05) is 30.3 Å². The van der Waals surface area contributed by atoms with Crippen molar-refractivity contribution in [3.63, 3.8) is 0 Å². The molecule has 1 aliphatic rings. The Bertz CT molecular complexity index is 962. The predicted octanol–water partition coefficient (Wildman–Crippen LogP) is 5.02. The molecule has 0 atom stereocenters. The van der Waals surface area contributed by atoms with Crippen molar-refractivity contribution in [2.45, 2.75) is 6.42 Å². The van der Waals surface area contributed by atoms with Crippen LogP contribution in [0, 0.1) is 0 Å². The summed E-state index contributed by atoms with van der Waals surface area (Å²) in [5.41, 5.74) is 4.25. The summed E-state index contributed by atoms with van der Waals surface area (Å²) in [6.07, 6.45) is 4.06. The monoisotopic (exact) mass is 352 g/mol. The molecule has 3 aromatic rings. The van der Waals surface area contributed by atoms with Gasteiger partial charge in [-0.3, -0.25) is 10.1 Å². The summed E-state index contributed by atoms with van der Waals surface area (Å²) in [5, 5.41) is 4.08. The minimum atomic E-state index is -0.212. The molecular formula is C19H13ClN2OS. The zero-order valence-electron chi connectivity index (χ0n) is 12.6. The second-order valence-electron chi connectivity index (χ2n) is 5.47. The van der Waals surface area contributed by atoms with Crippen molar-refractivity contribution < 1.29 is 4.79 Å². The van der Waals surface area contributed by atoms with Crippen molar-refractivity contribution in [1.29, 1.82) is 0 Å². The third-order valence-corrected chi connectivity index (χ3v) is 5.19. The summed E-state index contributed by atoms with van der Waals surface area (Å²) >= 11 is 7.60. The highest BCUT2D eigenvalue weighted by Crippen LogP contribution is 2.40. The van der Waals surface area contributed by atoms with Crippen LogP contribution in [0.2, 0.25) is 5.02 Å². The standard InChI is InChI=1S/C19H13ClN2OS/c20-15-8-4-2-5-12(15)9-10-17(23)21-19-22-18-14-7-3-1-6-13(14)11-16(18)24-19/h1-10H,11H2,(H,21,22,23)/b10-9+. The van der Waals surface area contributed by atoms with E-state index in [9.17, 15) is 4.79 Å². The van der Waals surface area contributed by atoms with Crippen molar-refractivity contribution in [3.8, 4) is 11.3 Å². The van der Waals surface area contributed by atoms with E-state index in [1.165, 1.54) is 27.9 Å². The first kappa shape index (κ1) is 15.1. The number of rotatable bonds is 3. The van der Waals surface area contributed by atoms with Crippen LogP contribution in [0.3, 0.4) is 0 Å². The number of hydrogen-bond acceptors (Lipinski definition) is 3. The summed E-state index contributed by atoms with van der Waals surface area (Å²) in [6, 6.07) is 15.6. The molecule has 118 valence electrons. The molecule has 5 heteroatoms. The van der Waals surface area contributed by atoms with Crippen molar-refractivity contribution in [2.75, 3.05) is 5.32 Å². The Hall–Kier alpha value is -2.43. The van der Waals surface area contributed by atoms with Crippen molar-refractivity contribution in [1.82, 2.24) is 4.98 Å². The number of amides is 1. The maximum absolute atomic E-state index is 12.1. The van der Waals surface area contributed by atoms with Gasteiger partial charge in [-0.1, -0.05) is 54.1 Å². The van der Waals surface area contributed by atoms with Crippen molar-refractivity contribution >= 4 is 40.1 Å². The highest BCUT2D eigenvalue weighted by Gasteiger charge is 2.23. The first-order chi connectivity index (χ1) is 11.7. The van der Waals surface area contributed by atoms with E-state index in [2.05, 4.69) is 22.4 Å². The molecule has 0 spiro atoms. The average Bonchev–Trinajstić information content (AvgIpc) is 3.11. The lowest BCUT2D eigenvalue weighted by molar-refractivity contribution is -0.111. The maximum atomic E-state index is 12.1. The van der Waals surface area contributed by atoms with Crippen LogP contribution in [0.1, 0.15) is 16.0 Å². The van der Waals surface area contributed by atoms with Gasteiger partial charge >= 0.3 is 0 Å². The molecule has 0 aliphatic heterocycles. The van der Waals surface area contributed by atoms with Gasteiger partial charge in [0, 0.05) is 28.0 Å². The molecule has 0 radical (unpaired) electrons. The maximum Gasteiger partial charge on any atom is 0.250 e. The average molecular weight is 353 g/mol. The number of nitrogens with one attached hydrogen (secondary N) is 1. The smallest absolute Gasteiger partial charge is 0.250 e. The predicted molar refractivity (Wildman–Crippen MR) is 99.5 cm³/mol. The van der Waals surface area contributed by atoms with E-state index in [-0.39, 0.29) is 5.91 Å². The number of carbonyl (C=O) groups excluding carboxylic acids is 1. The number of anilines is 1. The second-order valence-corrected chi connectivity index (χ2v) is 6.96. The first-order valence-corrected chi connectivity index (χ1v) is 8.72. The fourth-order valence-corrected chi connectivity index (χ4v) is 3.94. The van der Waals surface area contributed by atoms with Gasteiger partial charge in [0.05, 0.1) is 5.69 Å². The minimum absolute atomic E-state index is 0.212. The molecule has 4 rings (SSSR count). The third kappa shape index (κ3) is 2.86. The second kappa shape index (κ2) is 6.23. The molecule has 24 heavy (non-hydrogen) atoms. The Morgan fingerprint density at radius 1 is 1.17 bits per heavy atom. The normalized spacial score (nSPS) is 12.2. The zero-order chi connectivity index (χ0) is 16.5. The van der Waals surface area contributed by atoms with Gasteiger partial charge in [-0.05, 0) is 23.3 Å². The van der Waals surface area contributed by atoms with E-state index in [1.54, 1.807) is 12.1 Å². The Balaban J connectivity index is 1.50. The molecule has 1 heterocycles. The third-order valence-electron chi connectivity index (χ3n) is 3.87. The summed E-state index contributed by atoms with van der Waals surface area (Å²) in [6.45, 7) is 0. The Kier molecular flexibility index (Phi) is 3.92. The quantitative estimate of drug-likeness (QED) is 0.526. The molecule has 0 saturated heterocycles. The molecule has 3 nitrogen and oxygen atoms in total. The number of carbonyl (C=O) groups is 1. The zero-order valence-corrected chi connectivity index (χ0v) is 14.2. The van der Waals surface area contributed by atoms with E-state index in [0.717, 1.165) is 23.2 Å². The van der Waals surface area contributed by atoms with Gasteiger partial charge in [0.15, 0.2) is 5.13 Å². The Morgan fingerprint density at radius 3 is 2.83 bits per heavy atom. The molecule has 2 aromatic carbocycles. The van der Waals surface area contributed by atoms with Crippen LogP contribution in [0.5, 0.6) is 0 Å². The highest BCUT2D eigenvalue weighted by atomic mass is 35.5. The lowest BCUT2D eigenvalue weighted by atomic mass is 10.1. The molecular weight excluding hydrogens is 340 g/mol. The van der Waals surface area contributed by atoms with E-state index in [0.29, 0.717) is 10.2 Å².